The number of hydrogen-bond donors (Lipinski definition) is 9. The first-order valence-electron chi connectivity index (χ1n) is 42.4. The fourth-order valence-electron chi connectivity index (χ4n) is 26.3. The monoisotopic (exact) mass is 1500 g/mol. The summed E-state index contributed by atoms with van der Waals surface area (Å²) in [5, 5.41) is 73.6. The van der Waals surface area contributed by atoms with Crippen LogP contribution >= 0.6 is 0 Å². The lowest BCUT2D eigenvalue weighted by atomic mass is 9.43. The summed E-state index contributed by atoms with van der Waals surface area (Å²) in [7, 11) is -9.27. The van der Waals surface area contributed by atoms with Crippen molar-refractivity contribution in [2.24, 2.45) is 139 Å². The van der Waals surface area contributed by atoms with E-state index in [1.807, 2.05) is 0 Å². The van der Waals surface area contributed by atoms with Gasteiger partial charge in [0.05, 0.1) is 56.6 Å². The Kier molecular flexibility index (Phi) is 24.2. The lowest BCUT2D eigenvalue weighted by Gasteiger charge is -2.62. The van der Waals surface area contributed by atoms with Crippen LogP contribution in [0.2, 0.25) is 0 Å². The van der Waals surface area contributed by atoms with Crippen LogP contribution in [0.1, 0.15) is 260 Å². The third-order valence-corrected chi connectivity index (χ3v) is 34.9. The highest BCUT2D eigenvalue weighted by Gasteiger charge is 2.67. The summed E-state index contributed by atoms with van der Waals surface area (Å²) in [6, 6.07) is 0. The van der Waals surface area contributed by atoms with Crippen LogP contribution in [0.15, 0.2) is 0 Å². The second kappa shape index (κ2) is 32.2. The van der Waals surface area contributed by atoms with Crippen LogP contribution in [0.25, 0.3) is 0 Å². The zero-order valence-electron chi connectivity index (χ0n) is 68.6. The van der Waals surface area contributed by atoms with Gasteiger partial charge in [-0.15, -0.1) is 0 Å². The lowest BCUT2D eigenvalue weighted by molar-refractivity contribution is -0.174. The van der Waals surface area contributed by atoms with E-state index < -0.39 is 59.6 Å². The third kappa shape index (κ3) is 17.6. The number of carbonyl (C=O) groups is 3. The molecule has 21 heteroatoms. The standard InChI is InChI=1S/3C27H47NO5S/c3*1-17(5-8-24(31)28-13-14-34(4,32)33)20-6-7-21-25-22(10-12-27(20,21)3)26(2)11-9-19(29)15-18(26)16-23(25)30/h3*17-23,25,29-30H,5-16H2,1-4H3,(H,28,31)/t3*17?,18-,19?,20?,21?,22-,23+,25-,26-,27+/m000/s1/i23D,25D;25D;23D. The van der Waals surface area contributed by atoms with Crippen LogP contribution in [0.4, 0.5) is 0 Å². The van der Waals surface area contributed by atoms with Gasteiger partial charge in [0.1, 0.15) is 29.5 Å². The smallest absolute Gasteiger partial charge is 0.220 e. The summed E-state index contributed by atoms with van der Waals surface area (Å²) in [4.78, 5) is 36.9. The van der Waals surface area contributed by atoms with Gasteiger partial charge >= 0.3 is 0 Å². The topological polar surface area (TPSA) is 311 Å². The van der Waals surface area contributed by atoms with Crippen LogP contribution in [0.3, 0.4) is 0 Å². The minimum Gasteiger partial charge on any atom is -0.393 e. The molecule has 0 aliphatic heterocycles. The predicted octanol–water partition coefficient (Wildman–Crippen LogP) is 10.7. The molecule has 30 atom stereocenters. The van der Waals surface area contributed by atoms with Gasteiger partial charge in [0.15, 0.2) is 0 Å². The number of aliphatic hydroxyl groups is 6. The van der Waals surface area contributed by atoms with Gasteiger partial charge in [0.2, 0.25) is 17.7 Å². The highest BCUT2D eigenvalue weighted by atomic mass is 32.2. The molecule has 12 unspecified atom stereocenters. The average molecular weight is 1500 g/mol. The Balaban J connectivity index is 0.000000170. The number of hydrogen-bond acceptors (Lipinski definition) is 15. The molecule has 102 heavy (non-hydrogen) atoms. The molecule has 12 aliphatic rings. The zero-order chi connectivity index (χ0) is 78.4. The summed E-state index contributed by atoms with van der Waals surface area (Å²) >= 11 is 0. The minimum absolute atomic E-state index is 0.0111. The van der Waals surface area contributed by atoms with Crippen molar-refractivity contribution in [3.05, 3.63) is 0 Å². The maximum absolute atomic E-state index is 12.3. The Morgan fingerprint density at radius 1 is 0.382 bits per heavy atom. The second-order valence-corrected chi connectivity index (χ2v) is 44.8. The van der Waals surface area contributed by atoms with Gasteiger partial charge in [-0.2, -0.15) is 0 Å². The number of aliphatic hydroxyl groups excluding tert-OH is 4. The number of nitrogens with one attached hydrogen (secondary N) is 3. The van der Waals surface area contributed by atoms with Crippen LogP contribution in [0.5, 0.6) is 0 Å². The van der Waals surface area contributed by atoms with Gasteiger partial charge in [-0.25, -0.2) is 25.3 Å². The van der Waals surface area contributed by atoms with Crippen LogP contribution in [0, 0.1) is 139 Å². The highest BCUT2D eigenvalue weighted by molar-refractivity contribution is 7.91. The molecule has 12 saturated carbocycles. The van der Waals surface area contributed by atoms with Gasteiger partial charge in [0, 0.05) is 60.4 Å². The Bertz CT molecular complexity index is 3490. The molecule has 0 bridgehead atoms. The summed E-state index contributed by atoms with van der Waals surface area (Å²) in [6.45, 7) is 21.1. The number of carbonyl (C=O) groups excluding carboxylic acids is 3. The molecule has 0 spiro atoms. The van der Waals surface area contributed by atoms with Gasteiger partial charge in [-0.1, -0.05) is 62.3 Å². The molecule has 12 fully saturated rings. The highest BCUT2D eigenvalue weighted by Crippen LogP contribution is 2.72. The van der Waals surface area contributed by atoms with Gasteiger partial charge in [-0.05, 0) is 312 Å². The Hall–Kier alpha value is -1.98. The normalized spacial score (nSPS) is 48.5. The Morgan fingerprint density at radius 3 is 1.05 bits per heavy atom. The molecule has 0 heterocycles. The third-order valence-electron chi connectivity index (χ3n) is 32.0. The molecule has 0 aromatic heterocycles. The quantitative estimate of drug-likeness (QED) is 0.0516. The van der Waals surface area contributed by atoms with Crippen molar-refractivity contribution < 1.29 is 75.8 Å². The van der Waals surface area contributed by atoms with Gasteiger partial charge < -0.3 is 46.6 Å². The van der Waals surface area contributed by atoms with Crippen LogP contribution in [-0.2, 0) is 43.9 Å². The summed E-state index contributed by atoms with van der Waals surface area (Å²) in [6.07, 6.45) is 22.6. The summed E-state index contributed by atoms with van der Waals surface area (Å²) < 4.78 is 106. The van der Waals surface area contributed by atoms with Crippen molar-refractivity contribution >= 4 is 47.2 Å². The predicted molar refractivity (Wildman–Crippen MR) is 401 cm³/mol. The summed E-state index contributed by atoms with van der Waals surface area (Å²) in [5.41, 5.74) is -0.0930. The maximum atomic E-state index is 12.3. The van der Waals surface area contributed by atoms with E-state index in [-0.39, 0.29) is 159 Å². The average Bonchev–Trinajstić information content (AvgIpc) is 1.28. The lowest BCUT2D eigenvalue weighted by Crippen LogP contribution is -2.58. The van der Waals surface area contributed by atoms with E-state index in [0.717, 1.165) is 148 Å². The molecule has 3 amide bonds. The van der Waals surface area contributed by atoms with Crippen LogP contribution in [-0.4, -0.2) is 166 Å². The van der Waals surface area contributed by atoms with Crippen molar-refractivity contribution in [2.45, 2.75) is 292 Å². The van der Waals surface area contributed by atoms with Gasteiger partial charge in [-0.3, -0.25) is 14.4 Å². The molecule has 18 nitrogen and oxygen atoms in total. The number of fused-ring (bicyclic) bond motifs is 15. The first-order valence-corrected chi connectivity index (χ1v) is 46.6. The maximum Gasteiger partial charge on any atom is 0.220 e. The van der Waals surface area contributed by atoms with Crippen molar-refractivity contribution in [3.63, 3.8) is 0 Å². The van der Waals surface area contributed by atoms with Crippen molar-refractivity contribution in [3.8, 4) is 0 Å². The number of rotatable bonds is 21. The van der Waals surface area contributed by atoms with Crippen molar-refractivity contribution in [1.82, 2.24) is 16.0 Å². The molecule has 9 N–H and O–H groups in total. The van der Waals surface area contributed by atoms with Crippen molar-refractivity contribution in [2.75, 3.05) is 55.7 Å². The molecule has 0 saturated heterocycles. The van der Waals surface area contributed by atoms with E-state index in [0.29, 0.717) is 92.3 Å². The van der Waals surface area contributed by atoms with Crippen molar-refractivity contribution in [1.29, 1.82) is 0 Å². The Labute approximate surface area is 621 Å². The molecule has 12 aliphatic carbocycles. The molecule has 588 valence electrons. The zero-order valence-corrected chi connectivity index (χ0v) is 67.0. The molecule has 12 rings (SSSR count). The van der Waals surface area contributed by atoms with E-state index in [9.17, 15) is 73.0 Å². The number of amides is 3. The molecule has 0 radical (unpaired) electrons. The minimum atomic E-state index is -3.11. The molecule has 0 aromatic carbocycles. The fraction of sp³-hybridized carbons (Fsp3) is 0.963. The van der Waals surface area contributed by atoms with Crippen LogP contribution < -0.4 is 16.0 Å². The van der Waals surface area contributed by atoms with E-state index in [4.69, 9.17) is 2.74 Å². The largest absolute Gasteiger partial charge is 0.393 e. The Morgan fingerprint density at radius 2 is 0.667 bits per heavy atom. The van der Waals surface area contributed by atoms with E-state index >= 15 is 0 Å². The van der Waals surface area contributed by atoms with E-state index in [1.54, 1.807) is 0 Å². The fourth-order valence-corrected chi connectivity index (χ4v) is 27.7. The molecular formula is C81H141N3O15S3. The second-order valence-electron chi connectivity index (χ2n) is 38.1. The molecular weight excluding hydrogens is 1350 g/mol. The van der Waals surface area contributed by atoms with Gasteiger partial charge in [0.25, 0.3) is 0 Å². The summed E-state index contributed by atoms with van der Waals surface area (Å²) in [5.74, 6) is 1.11. The number of sulfone groups is 3. The SMILES string of the molecule is [2H][C@@]1(O)C[C@@H]2CC(O)CC[C@]2(C)[C@H]2CC[C@]3(C)C(C(C)CCC(=O)NCCS(C)(=O)=O)CCC3[C@@H]21.[2H][C@]12C3CCC(C(C)CCC(=O)NCCS(C)(=O)=O)[C@@]3(C)CC[C@@H]1[C@@]1(C)CCC(O)C[C@H]1C[C@@]2([2H])O.[2H][C@]12C3CCC(C(C)CCC(=O)NCCS(C)(=O)=O)[C@@]3(C)CC[C@@H]1[C@@]1(C)CCC(O)C[C@H]1C[C@H]2O. The first kappa shape index (κ1) is 76.8. The molecule has 0 aromatic rings. The first-order chi connectivity index (χ1) is 48.9. The van der Waals surface area contributed by atoms with E-state index in [2.05, 4.69) is 78.3 Å². The van der Waals surface area contributed by atoms with E-state index in [1.165, 1.54) is 12.5 Å².